The Balaban J connectivity index is 1.76. The van der Waals surface area contributed by atoms with Gasteiger partial charge in [0.25, 0.3) is 0 Å². The molecule has 0 unspecified atom stereocenters. The fraction of sp³-hybridized carbons (Fsp3) is 0.176. The topological polar surface area (TPSA) is 58.2 Å². The molecule has 2 aromatic carbocycles. The maximum atomic E-state index is 11.8. The fourth-order valence-electron chi connectivity index (χ4n) is 1.94. The van der Waals surface area contributed by atoms with Crippen molar-refractivity contribution in [1.29, 1.82) is 0 Å². The maximum Gasteiger partial charge on any atom is 0.229 e. The van der Waals surface area contributed by atoms with Gasteiger partial charge in [-0.05, 0) is 23.3 Å². The molecule has 0 fully saturated rings. The Kier molecular flexibility index (Phi) is 6.44. The first-order valence-corrected chi connectivity index (χ1v) is 7.82. The van der Waals surface area contributed by atoms with E-state index >= 15 is 0 Å². The Morgan fingerprint density at radius 1 is 0.739 bits per heavy atom. The average Bonchev–Trinajstić information content (AvgIpc) is 2.53. The van der Waals surface area contributed by atoms with Gasteiger partial charge in [-0.25, -0.2) is 0 Å². The van der Waals surface area contributed by atoms with Gasteiger partial charge >= 0.3 is 0 Å². The van der Waals surface area contributed by atoms with E-state index in [1.165, 1.54) is 0 Å². The first-order chi connectivity index (χ1) is 11.1. The van der Waals surface area contributed by atoms with Crippen molar-refractivity contribution in [2.75, 3.05) is 0 Å². The average molecular weight is 351 g/mol. The van der Waals surface area contributed by atoms with Crippen molar-refractivity contribution in [3.05, 3.63) is 69.7 Å². The van der Waals surface area contributed by atoms with Crippen LogP contribution in [0.15, 0.2) is 48.5 Å². The Morgan fingerprint density at radius 3 is 1.52 bits per heavy atom. The monoisotopic (exact) mass is 350 g/mol. The molecule has 0 aromatic heterocycles. The highest BCUT2D eigenvalue weighted by molar-refractivity contribution is 6.31. The van der Waals surface area contributed by atoms with Crippen molar-refractivity contribution < 1.29 is 9.59 Å². The first kappa shape index (κ1) is 17.3. The van der Waals surface area contributed by atoms with Crippen molar-refractivity contribution in [2.24, 2.45) is 0 Å². The number of halogens is 2. The van der Waals surface area contributed by atoms with Crippen molar-refractivity contribution in [3.63, 3.8) is 0 Å². The van der Waals surface area contributed by atoms with Crippen LogP contribution in [0.3, 0.4) is 0 Å². The number of amides is 2. The number of rotatable bonds is 6. The molecule has 2 aromatic rings. The molecular formula is C17H16Cl2N2O2. The summed E-state index contributed by atoms with van der Waals surface area (Å²) in [6, 6.07) is 14.4. The predicted molar refractivity (Wildman–Crippen MR) is 91.2 cm³/mol. The molecule has 0 saturated carbocycles. The molecule has 0 radical (unpaired) electrons. The number of carbonyl (C=O) groups is 2. The summed E-state index contributed by atoms with van der Waals surface area (Å²) in [5.74, 6) is -0.719. The van der Waals surface area contributed by atoms with E-state index in [-0.39, 0.29) is 31.3 Å². The third-order valence-corrected chi connectivity index (χ3v) is 3.93. The molecule has 4 nitrogen and oxygen atoms in total. The highest BCUT2D eigenvalue weighted by Crippen LogP contribution is 2.15. The summed E-state index contributed by atoms with van der Waals surface area (Å²) in [6.07, 6.45) is -0.241. The highest BCUT2D eigenvalue weighted by atomic mass is 35.5. The van der Waals surface area contributed by atoms with E-state index in [2.05, 4.69) is 10.6 Å². The van der Waals surface area contributed by atoms with Crippen LogP contribution < -0.4 is 10.6 Å². The van der Waals surface area contributed by atoms with Gasteiger partial charge < -0.3 is 10.6 Å². The summed E-state index contributed by atoms with van der Waals surface area (Å²) in [4.78, 5) is 23.6. The van der Waals surface area contributed by atoms with E-state index in [1.54, 1.807) is 12.1 Å². The Morgan fingerprint density at radius 2 is 1.13 bits per heavy atom. The fourth-order valence-corrected chi connectivity index (χ4v) is 2.35. The number of hydrogen-bond acceptors (Lipinski definition) is 2. The molecule has 0 spiro atoms. The van der Waals surface area contributed by atoms with Crippen LogP contribution in [0.2, 0.25) is 10.0 Å². The van der Waals surface area contributed by atoms with Gasteiger partial charge in [0.1, 0.15) is 6.42 Å². The van der Waals surface area contributed by atoms with Crippen LogP contribution in [0.25, 0.3) is 0 Å². The smallest absolute Gasteiger partial charge is 0.229 e. The van der Waals surface area contributed by atoms with Crippen LogP contribution in [0.5, 0.6) is 0 Å². The Labute approximate surface area is 144 Å². The lowest BCUT2D eigenvalue weighted by Crippen LogP contribution is -2.31. The van der Waals surface area contributed by atoms with Crippen LogP contribution in [0.4, 0.5) is 0 Å². The number of benzene rings is 2. The molecule has 2 amide bonds. The van der Waals surface area contributed by atoms with Crippen LogP contribution >= 0.6 is 23.2 Å². The van der Waals surface area contributed by atoms with E-state index in [9.17, 15) is 9.59 Å². The van der Waals surface area contributed by atoms with Crippen molar-refractivity contribution in [2.45, 2.75) is 19.5 Å². The van der Waals surface area contributed by atoms with Gasteiger partial charge in [0.2, 0.25) is 11.8 Å². The van der Waals surface area contributed by atoms with Crippen LogP contribution in [-0.2, 0) is 22.7 Å². The van der Waals surface area contributed by atoms with E-state index in [4.69, 9.17) is 23.2 Å². The van der Waals surface area contributed by atoms with Gasteiger partial charge in [-0.3, -0.25) is 9.59 Å². The number of hydrogen-bond donors (Lipinski definition) is 2. The van der Waals surface area contributed by atoms with Crippen molar-refractivity contribution >= 4 is 35.0 Å². The van der Waals surface area contributed by atoms with Gasteiger partial charge in [0.05, 0.1) is 0 Å². The summed E-state index contributed by atoms with van der Waals surface area (Å²) in [6.45, 7) is 0.576. The normalized spacial score (nSPS) is 10.2. The lowest BCUT2D eigenvalue weighted by Gasteiger charge is -2.08. The molecule has 6 heteroatoms. The van der Waals surface area contributed by atoms with E-state index < -0.39 is 0 Å². The van der Waals surface area contributed by atoms with E-state index in [0.717, 1.165) is 11.1 Å². The Hall–Kier alpha value is -2.04. The summed E-state index contributed by atoms with van der Waals surface area (Å²) in [5.41, 5.74) is 1.61. The second-order valence-corrected chi connectivity index (χ2v) is 5.73. The molecule has 0 bridgehead atoms. The third-order valence-electron chi connectivity index (χ3n) is 3.19. The second kappa shape index (κ2) is 8.56. The maximum absolute atomic E-state index is 11.8. The standard InChI is InChI=1S/C17H16Cl2N2O2/c18-14-7-3-1-5-12(14)10-20-16(22)9-17(23)21-11-13-6-2-4-8-15(13)19/h1-8H,9-11H2,(H,20,22)(H,21,23). The number of carbonyl (C=O) groups excluding carboxylic acids is 2. The largest absolute Gasteiger partial charge is 0.352 e. The quantitative estimate of drug-likeness (QED) is 0.785. The highest BCUT2D eigenvalue weighted by Gasteiger charge is 2.10. The molecule has 0 heterocycles. The van der Waals surface area contributed by atoms with Gasteiger partial charge in [0, 0.05) is 23.1 Å². The second-order valence-electron chi connectivity index (χ2n) is 4.91. The molecule has 2 rings (SSSR count). The summed E-state index contributed by atoms with van der Waals surface area (Å²) in [7, 11) is 0. The molecule has 0 aliphatic heterocycles. The SMILES string of the molecule is O=C(CC(=O)NCc1ccccc1Cl)NCc1ccccc1Cl. The van der Waals surface area contributed by atoms with Crippen molar-refractivity contribution in [3.8, 4) is 0 Å². The molecule has 23 heavy (non-hydrogen) atoms. The minimum Gasteiger partial charge on any atom is -0.352 e. The molecule has 0 saturated heterocycles. The zero-order valence-electron chi connectivity index (χ0n) is 12.3. The van der Waals surface area contributed by atoms with Gasteiger partial charge in [0.15, 0.2) is 0 Å². The Bertz CT molecular complexity index is 645. The predicted octanol–water partition coefficient (Wildman–Crippen LogP) is 3.32. The lowest BCUT2D eigenvalue weighted by molar-refractivity contribution is -0.129. The molecule has 0 atom stereocenters. The molecule has 0 aliphatic carbocycles. The first-order valence-electron chi connectivity index (χ1n) is 7.06. The van der Waals surface area contributed by atoms with Gasteiger partial charge in [-0.1, -0.05) is 59.6 Å². The third kappa shape index (κ3) is 5.58. The zero-order chi connectivity index (χ0) is 16.7. The van der Waals surface area contributed by atoms with Crippen LogP contribution in [0, 0.1) is 0 Å². The lowest BCUT2D eigenvalue weighted by atomic mass is 10.2. The molecule has 0 aliphatic rings. The molecular weight excluding hydrogens is 335 g/mol. The summed E-state index contributed by atoms with van der Waals surface area (Å²) in [5, 5.41) is 6.50. The van der Waals surface area contributed by atoms with Crippen LogP contribution in [-0.4, -0.2) is 11.8 Å². The van der Waals surface area contributed by atoms with E-state index in [0.29, 0.717) is 10.0 Å². The summed E-state index contributed by atoms with van der Waals surface area (Å²) < 4.78 is 0. The zero-order valence-corrected chi connectivity index (χ0v) is 13.8. The van der Waals surface area contributed by atoms with Crippen molar-refractivity contribution in [1.82, 2.24) is 10.6 Å². The molecule has 2 N–H and O–H groups in total. The van der Waals surface area contributed by atoms with Crippen LogP contribution in [0.1, 0.15) is 17.5 Å². The molecule has 120 valence electrons. The minimum atomic E-state index is -0.360. The minimum absolute atomic E-state index is 0.241. The van der Waals surface area contributed by atoms with Gasteiger partial charge in [-0.15, -0.1) is 0 Å². The summed E-state index contributed by atoms with van der Waals surface area (Å²) >= 11 is 12.0. The van der Waals surface area contributed by atoms with E-state index in [1.807, 2.05) is 36.4 Å². The van der Waals surface area contributed by atoms with Gasteiger partial charge in [-0.2, -0.15) is 0 Å². The number of nitrogens with one attached hydrogen (secondary N) is 2.